The number of methoxy groups -OCH3 is 1. The van der Waals surface area contributed by atoms with Crippen molar-refractivity contribution in [3.05, 3.63) is 35.4 Å². The standard InChI is InChI=1S/C16H15NO6/c1-22-15(20)9-6-7-10(8-9)16(21)23-17-13(18)11-4-2-3-5-12(11)14(17)19/h2-5,9-10H,6-8H2,1H3. The third kappa shape index (κ3) is 2.58. The van der Waals surface area contributed by atoms with E-state index >= 15 is 0 Å². The van der Waals surface area contributed by atoms with E-state index in [0.29, 0.717) is 24.3 Å². The van der Waals surface area contributed by atoms with Crippen molar-refractivity contribution in [2.45, 2.75) is 19.3 Å². The molecule has 3 rings (SSSR count). The molecule has 7 heteroatoms. The number of amides is 2. The topological polar surface area (TPSA) is 90.0 Å². The van der Waals surface area contributed by atoms with Gasteiger partial charge in [0.2, 0.25) is 0 Å². The number of carbonyl (C=O) groups is 4. The minimum Gasteiger partial charge on any atom is -0.469 e. The molecule has 1 aromatic carbocycles. The van der Waals surface area contributed by atoms with Crippen LogP contribution >= 0.6 is 0 Å². The number of esters is 1. The Morgan fingerprint density at radius 1 is 1.00 bits per heavy atom. The van der Waals surface area contributed by atoms with Gasteiger partial charge in [-0.1, -0.05) is 17.2 Å². The molecule has 1 heterocycles. The largest absolute Gasteiger partial charge is 0.469 e. The SMILES string of the molecule is COC(=O)C1CCC(C(=O)ON2C(=O)c3ccccc3C2=O)C1. The first kappa shape index (κ1) is 15.2. The van der Waals surface area contributed by atoms with Gasteiger partial charge in [0.25, 0.3) is 11.8 Å². The number of carbonyl (C=O) groups excluding carboxylic acids is 4. The van der Waals surface area contributed by atoms with E-state index in [9.17, 15) is 19.2 Å². The fourth-order valence-corrected chi connectivity index (χ4v) is 2.99. The van der Waals surface area contributed by atoms with Gasteiger partial charge in [0, 0.05) is 0 Å². The summed E-state index contributed by atoms with van der Waals surface area (Å²) in [5.41, 5.74) is 0.424. The van der Waals surface area contributed by atoms with Crippen LogP contribution in [0.3, 0.4) is 0 Å². The summed E-state index contributed by atoms with van der Waals surface area (Å²) in [5.74, 6) is -3.21. The minimum atomic E-state index is -0.675. The summed E-state index contributed by atoms with van der Waals surface area (Å²) in [7, 11) is 1.30. The van der Waals surface area contributed by atoms with Crippen LogP contribution in [0.5, 0.6) is 0 Å². The fraction of sp³-hybridized carbons (Fsp3) is 0.375. The average molecular weight is 317 g/mol. The number of benzene rings is 1. The van der Waals surface area contributed by atoms with Gasteiger partial charge in [0.15, 0.2) is 0 Å². The first-order valence-corrected chi connectivity index (χ1v) is 7.30. The minimum absolute atomic E-state index is 0.212. The Labute approximate surface area is 132 Å². The maximum Gasteiger partial charge on any atom is 0.336 e. The van der Waals surface area contributed by atoms with Crippen LogP contribution in [0.25, 0.3) is 0 Å². The molecule has 2 aliphatic rings. The van der Waals surface area contributed by atoms with Crippen molar-refractivity contribution in [3.8, 4) is 0 Å². The van der Waals surface area contributed by atoms with Gasteiger partial charge in [0.05, 0.1) is 30.1 Å². The van der Waals surface area contributed by atoms with E-state index in [0.717, 1.165) is 0 Å². The lowest BCUT2D eigenvalue weighted by atomic mass is 10.1. The second kappa shape index (κ2) is 5.83. The van der Waals surface area contributed by atoms with E-state index in [1.165, 1.54) is 19.2 Å². The van der Waals surface area contributed by atoms with Crippen molar-refractivity contribution < 1.29 is 28.8 Å². The van der Waals surface area contributed by atoms with Crippen LogP contribution in [0.15, 0.2) is 24.3 Å². The zero-order chi connectivity index (χ0) is 16.6. The Morgan fingerprint density at radius 3 is 2.04 bits per heavy atom. The first-order chi connectivity index (χ1) is 11.0. The Kier molecular flexibility index (Phi) is 3.85. The predicted octanol–water partition coefficient (Wildman–Crippen LogP) is 1.33. The van der Waals surface area contributed by atoms with E-state index < -0.39 is 23.7 Å². The molecule has 23 heavy (non-hydrogen) atoms. The van der Waals surface area contributed by atoms with Crippen LogP contribution in [0, 0.1) is 11.8 Å². The zero-order valence-electron chi connectivity index (χ0n) is 12.5. The molecule has 0 bridgehead atoms. The first-order valence-electron chi connectivity index (χ1n) is 7.30. The van der Waals surface area contributed by atoms with Gasteiger partial charge in [-0.05, 0) is 31.4 Å². The highest BCUT2D eigenvalue weighted by Gasteiger charge is 2.42. The Morgan fingerprint density at radius 2 is 1.52 bits per heavy atom. The summed E-state index contributed by atoms with van der Waals surface area (Å²) in [6.07, 6.45) is 1.28. The third-order valence-electron chi connectivity index (χ3n) is 4.24. The maximum atomic E-state index is 12.2. The van der Waals surface area contributed by atoms with Crippen molar-refractivity contribution in [1.29, 1.82) is 0 Å². The fourth-order valence-electron chi connectivity index (χ4n) is 2.99. The molecule has 1 aliphatic carbocycles. The van der Waals surface area contributed by atoms with Crippen LogP contribution in [-0.4, -0.2) is 35.9 Å². The van der Waals surface area contributed by atoms with Crippen molar-refractivity contribution in [3.63, 3.8) is 0 Å². The zero-order valence-corrected chi connectivity index (χ0v) is 12.5. The molecule has 0 spiro atoms. The molecule has 7 nitrogen and oxygen atoms in total. The van der Waals surface area contributed by atoms with Gasteiger partial charge in [-0.15, -0.1) is 0 Å². The lowest BCUT2D eigenvalue weighted by Gasteiger charge is -2.15. The normalized spacial score (nSPS) is 22.9. The van der Waals surface area contributed by atoms with Crippen LogP contribution < -0.4 is 0 Å². The molecule has 1 aliphatic heterocycles. The molecule has 1 aromatic rings. The average Bonchev–Trinajstić information content (AvgIpc) is 3.15. The van der Waals surface area contributed by atoms with Gasteiger partial charge >= 0.3 is 11.9 Å². The molecule has 2 unspecified atom stereocenters. The van der Waals surface area contributed by atoms with E-state index in [1.54, 1.807) is 12.1 Å². The number of hydrogen-bond donors (Lipinski definition) is 0. The van der Waals surface area contributed by atoms with E-state index in [2.05, 4.69) is 4.74 Å². The summed E-state index contributed by atoms with van der Waals surface area (Å²) < 4.78 is 4.66. The van der Waals surface area contributed by atoms with Crippen LogP contribution in [-0.2, 0) is 19.2 Å². The van der Waals surface area contributed by atoms with Gasteiger partial charge in [-0.2, -0.15) is 0 Å². The molecule has 0 saturated heterocycles. The van der Waals surface area contributed by atoms with E-state index in [1.807, 2.05) is 0 Å². The van der Waals surface area contributed by atoms with Crippen LogP contribution in [0.4, 0.5) is 0 Å². The van der Waals surface area contributed by atoms with E-state index in [-0.39, 0.29) is 23.0 Å². The lowest BCUT2D eigenvalue weighted by molar-refractivity contribution is -0.173. The molecule has 2 amide bonds. The number of imide groups is 1. The highest BCUT2D eigenvalue weighted by Crippen LogP contribution is 2.33. The lowest BCUT2D eigenvalue weighted by Crippen LogP contribution is -2.34. The van der Waals surface area contributed by atoms with Crippen molar-refractivity contribution in [1.82, 2.24) is 5.06 Å². The molecule has 1 fully saturated rings. The highest BCUT2D eigenvalue weighted by molar-refractivity contribution is 6.20. The molecule has 0 radical (unpaired) electrons. The van der Waals surface area contributed by atoms with Crippen LogP contribution in [0.2, 0.25) is 0 Å². The summed E-state index contributed by atoms with van der Waals surface area (Å²) >= 11 is 0. The van der Waals surface area contributed by atoms with Gasteiger partial charge in [0.1, 0.15) is 0 Å². The maximum absolute atomic E-state index is 12.2. The summed E-state index contributed by atoms with van der Waals surface area (Å²) in [4.78, 5) is 52.9. The van der Waals surface area contributed by atoms with Crippen molar-refractivity contribution in [2.75, 3.05) is 7.11 Å². The van der Waals surface area contributed by atoms with E-state index in [4.69, 9.17) is 4.84 Å². The highest BCUT2D eigenvalue weighted by atomic mass is 16.7. The van der Waals surface area contributed by atoms with Gasteiger partial charge in [-0.3, -0.25) is 14.4 Å². The molecule has 0 aromatic heterocycles. The Hall–Kier alpha value is -2.70. The Balaban J connectivity index is 1.67. The molecule has 1 saturated carbocycles. The quantitative estimate of drug-likeness (QED) is 0.617. The predicted molar refractivity (Wildman–Crippen MR) is 75.9 cm³/mol. The molecular weight excluding hydrogens is 302 g/mol. The second-order valence-electron chi connectivity index (χ2n) is 5.59. The number of ether oxygens (including phenoxy) is 1. The monoisotopic (exact) mass is 317 g/mol. The summed E-state index contributed by atoms with van der Waals surface area (Å²) in [6, 6.07) is 6.28. The van der Waals surface area contributed by atoms with Crippen LogP contribution in [0.1, 0.15) is 40.0 Å². The van der Waals surface area contributed by atoms with Gasteiger partial charge in [-0.25, -0.2) is 4.79 Å². The summed E-state index contributed by atoms with van der Waals surface area (Å²) in [6.45, 7) is 0. The number of nitrogens with zero attached hydrogens (tertiary/aromatic N) is 1. The number of hydroxylamine groups is 2. The molecule has 0 N–H and O–H groups in total. The van der Waals surface area contributed by atoms with Gasteiger partial charge < -0.3 is 9.57 Å². The third-order valence-corrected chi connectivity index (χ3v) is 4.24. The number of fused-ring (bicyclic) bond motifs is 1. The number of rotatable bonds is 3. The smallest absolute Gasteiger partial charge is 0.336 e. The van der Waals surface area contributed by atoms with Crippen molar-refractivity contribution >= 4 is 23.8 Å². The molecule has 2 atom stereocenters. The van der Waals surface area contributed by atoms with Crippen molar-refractivity contribution in [2.24, 2.45) is 11.8 Å². The molecular formula is C16H15NO6. The Bertz CT molecular complexity index is 663. The molecule has 120 valence electrons. The second-order valence-corrected chi connectivity index (χ2v) is 5.59. The number of hydrogen-bond acceptors (Lipinski definition) is 6. The summed E-state index contributed by atoms with van der Waals surface area (Å²) in [5, 5.41) is 0.498.